The zero-order valence-electron chi connectivity index (χ0n) is 8.35. The van der Waals surface area contributed by atoms with Crippen molar-refractivity contribution < 1.29 is 5.11 Å². The summed E-state index contributed by atoms with van der Waals surface area (Å²) in [5, 5.41) is 11.6. The lowest BCUT2D eigenvalue weighted by molar-refractivity contribution is 0.297. The molecule has 0 saturated carbocycles. The van der Waals surface area contributed by atoms with E-state index in [1.165, 1.54) is 22.2 Å². The monoisotopic (exact) mass is 200 g/mol. The van der Waals surface area contributed by atoms with Gasteiger partial charge in [-0.15, -0.1) is 0 Å². The Labute approximate surface area is 87.7 Å². The van der Waals surface area contributed by atoms with Crippen LogP contribution in [0.5, 0.6) is 0 Å². The lowest BCUT2D eigenvalue weighted by atomic mass is 10.1. The minimum absolute atomic E-state index is 0.188. The molecule has 0 fully saturated rings. The Kier molecular flexibility index (Phi) is 1.86. The maximum atomic E-state index is 9.07. The molecule has 15 heavy (non-hydrogen) atoms. The summed E-state index contributed by atoms with van der Waals surface area (Å²) in [6, 6.07) is 8.30. The van der Waals surface area contributed by atoms with Crippen molar-refractivity contribution in [2.45, 2.75) is 13.1 Å². The second kappa shape index (κ2) is 3.21. The fourth-order valence-electron chi connectivity index (χ4n) is 2.28. The Hall–Kier alpha value is -1.61. The van der Waals surface area contributed by atoms with Gasteiger partial charge in [-0.25, -0.2) is 0 Å². The SMILES string of the molecule is OCCc1c2ccccc2c2n1CN=C2. The third-order valence-corrected chi connectivity index (χ3v) is 2.92. The van der Waals surface area contributed by atoms with Crippen molar-refractivity contribution in [3.8, 4) is 0 Å². The first-order valence-electron chi connectivity index (χ1n) is 5.12. The standard InChI is InChI=1S/C12H12N2O/c15-6-5-11-9-3-1-2-4-10(9)12-7-13-8-14(11)12/h1-4,7,15H,5-6,8H2. The van der Waals surface area contributed by atoms with Gasteiger partial charge in [0.1, 0.15) is 6.67 Å². The largest absolute Gasteiger partial charge is 0.396 e. The van der Waals surface area contributed by atoms with Gasteiger partial charge in [0.15, 0.2) is 0 Å². The van der Waals surface area contributed by atoms with Crippen LogP contribution in [0.25, 0.3) is 10.8 Å². The summed E-state index contributed by atoms with van der Waals surface area (Å²) in [6.07, 6.45) is 2.62. The molecule has 3 rings (SSSR count). The number of benzene rings is 1. The third kappa shape index (κ3) is 1.13. The van der Waals surface area contributed by atoms with Crippen molar-refractivity contribution in [1.29, 1.82) is 0 Å². The molecule has 2 aromatic rings. The number of fused-ring (bicyclic) bond motifs is 3. The molecule has 0 aliphatic carbocycles. The van der Waals surface area contributed by atoms with Crippen molar-refractivity contribution in [2.75, 3.05) is 6.61 Å². The van der Waals surface area contributed by atoms with Gasteiger partial charge in [-0.05, 0) is 0 Å². The molecule has 1 aliphatic heterocycles. The van der Waals surface area contributed by atoms with Gasteiger partial charge in [-0.2, -0.15) is 0 Å². The predicted molar refractivity (Wildman–Crippen MR) is 60.3 cm³/mol. The summed E-state index contributed by atoms with van der Waals surface area (Å²) in [6.45, 7) is 0.882. The van der Waals surface area contributed by atoms with E-state index in [0.29, 0.717) is 13.1 Å². The van der Waals surface area contributed by atoms with Gasteiger partial charge in [0.05, 0.1) is 5.69 Å². The molecule has 1 aromatic carbocycles. The van der Waals surface area contributed by atoms with Gasteiger partial charge in [0.2, 0.25) is 0 Å². The molecule has 0 saturated heterocycles. The van der Waals surface area contributed by atoms with Crippen molar-refractivity contribution in [3.05, 3.63) is 35.7 Å². The zero-order chi connectivity index (χ0) is 10.3. The number of aliphatic imine (C=N–C) groups is 1. The molecule has 3 nitrogen and oxygen atoms in total. The van der Waals surface area contributed by atoms with E-state index in [-0.39, 0.29) is 6.61 Å². The number of hydrogen-bond acceptors (Lipinski definition) is 2. The molecule has 76 valence electrons. The number of aliphatic hydroxyl groups excluding tert-OH is 1. The first-order chi connectivity index (χ1) is 7.42. The normalized spacial score (nSPS) is 13.7. The molecule has 0 unspecified atom stereocenters. The highest BCUT2D eigenvalue weighted by Gasteiger charge is 2.16. The van der Waals surface area contributed by atoms with Gasteiger partial charge >= 0.3 is 0 Å². The van der Waals surface area contributed by atoms with Gasteiger partial charge in [-0.3, -0.25) is 4.99 Å². The Morgan fingerprint density at radius 1 is 1.27 bits per heavy atom. The van der Waals surface area contributed by atoms with Crippen LogP contribution < -0.4 is 0 Å². The van der Waals surface area contributed by atoms with Crippen LogP contribution in [0.3, 0.4) is 0 Å². The number of nitrogens with zero attached hydrogens (tertiary/aromatic N) is 2. The molecule has 1 N–H and O–H groups in total. The highest BCUT2D eigenvalue weighted by Crippen LogP contribution is 2.27. The van der Waals surface area contributed by atoms with Gasteiger partial charge in [0, 0.05) is 35.7 Å². The van der Waals surface area contributed by atoms with Crippen LogP contribution in [0.1, 0.15) is 11.4 Å². The van der Waals surface area contributed by atoms with E-state index in [2.05, 4.69) is 21.7 Å². The smallest absolute Gasteiger partial charge is 0.114 e. The number of rotatable bonds is 2. The minimum atomic E-state index is 0.188. The Bertz CT molecular complexity index is 540. The lowest BCUT2D eigenvalue weighted by Crippen LogP contribution is -2.02. The fourth-order valence-corrected chi connectivity index (χ4v) is 2.28. The Morgan fingerprint density at radius 2 is 2.07 bits per heavy atom. The molecule has 0 radical (unpaired) electrons. The van der Waals surface area contributed by atoms with Crippen LogP contribution >= 0.6 is 0 Å². The van der Waals surface area contributed by atoms with Crippen LogP contribution in [0, 0.1) is 0 Å². The van der Waals surface area contributed by atoms with E-state index >= 15 is 0 Å². The maximum absolute atomic E-state index is 9.07. The molecular formula is C12H12N2O. The fraction of sp³-hybridized carbons (Fsp3) is 0.250. The minimum Gasteiger partial charge on any atom is -0.396 e. The molecule has 1 aliphatic rings. The molecule has 0 bridgehead atoms. The van der Waals surface area contributed by atoms with Crippen molar-refractivity contribution in [3.63, 3.8) is 0 Å². The summed E-state index contributed by atoms with van der Waals surface area (Å²) < 4.78 is 2.18. The summed E-state index contributed by atoms with van der Waals surface area (Å²) in [7, 11) is 0. The van der Waals surface area contributed by atoms with Crippen molar-refractivity contribution >= 4 is 17.0 Å². The van der Waals surface area contributed by atoms with E-state index in [9.17, 15) is 0 Å². The average molecular weight is 200 g/mol. The number of aromatic nitrogens is 1. The summed E-state index contributed by atoms with van der Waals surface area (Å²) in [4.78, 5) is 4.26. The van der Waals surface area contributed by atoms with E-state index < -0.39 is 0 Å². The van der Waals surface area contributed by atoms with Gasteiger partial charge in [-0.1, -0.05) is 24.3 Å². The second-order valence-corrected chi connectivity index (χ2v) is 3.73. The average Bonchev–Trinajstić information content (AvgIpc) is 2.82. The first kappa shape index (κ1) is 8.68. The molecular weight excluding hydrogens is 188 g/mol. The summed E-state index contributed by atoms with van der Waals surface area (Å²) in [5.41, 5.74) is 2.37. The van der Waals surface area contributed by atoms with E-state index in [1.807, 2.05) is 18.3 Å². The lowest BCUT2D eigenvalue weighted by Gasteiger charge is -2.03. The summed E-state index contributed by atoms with van der Waals surface area (Å²) in [5.74, 6) is 0. The van der Waals surface area contributed by atoms with Gasteiger partial charge in [0.25, 0.3) is 0 Å². The molecule has 1 aromatic heterocycles. The first-order valence-corrected chi connectivity index (χ1v) is 5.12. The Balaban J connectivity index is 2.34. The predicted octanol–water partition coefficient (Wildman–Crippen LogP) is 1.57. The van der Waals surface area contributed by atoms with Crippen molar-refractivity contribution in [2.24, 2.45) is 4.99 Å². The maximum Gasteiger partial charge on any atom is 0.114 e. The van der Waals surface area contributed by atoms with Crippen LogP contribution in [-0.2, 0) is 13.1 Å². The second-order valence-electron chi connectivity index (χ2n) is 3.73. The van der Waals surface area contributed by atoms with Crippen LogP contribution in [0.4, 0.5) is 0 Å². The van der Waals surface area contributed by atoms with E-state index in [1.54, 1.807) is 0 Å². The molecule has 3 heteroatoms. The quantitative estimate of drug-likeness (QED) is 0.785. The molecule has 2 heterocycles. The van der Waals surface area contributed by atoms with Gasteiger partial charge < -0.3 is 9.67 Å². The van der Waals surface area contributed by atoms with Crippen LogP contribution in [0.2, 0.25) is 0 Å². The summed E-state index contributed by atoms with van der Waals surface area (Å²) >= 11 is 0. The highest BCUT2D eigenvalue weighted by molar-refractivity contribution is 6.01. The molecule has 0 amide bonds. The molecule has 0 spiro atoms. The molecule has 0 atom stereocenters. The number of aliphatic hydroxyl groups is 1. The van der Waals surface area contributed by atoms with Crippen LogP contribution in [0.15, 0.2) is 29.3 Å². The van der Waals surface area contributed by atoms with E-state index in [0.717, 1.165) is 0 Å². The Morgan fingerprint density at radius 3 is 2.87 bits per heavy atom. The van der Waals surface area contributed by atoms with E-state index in [4.69, 9.17) is 5.11 Å². The number of hydrogen-bond donors (Lipinski definition) is 1. The van der Waals surface area contributed by atoms with Crippen LogP contribution in [-0.4, -0.2) is 22.5 Å². The topological polar surface area (TPSA) is 37.5 Å². The highest BCUT2D eigenvalue weighted by atomic mass is 16.3. The zero-order valence-corrected chi connectivity index (χ0v) is 8.35. The van der Waals surface area contributed by atoms with Crippen molar-refractivity contribution in [1.82, 2.24) is 4.57 Å². The third-order valence-electron chi connectivity index (χ3n) is 2.92.